The zero-order chi connectivity index (χ0) is 13.1. The minimum Gasteiger partial charge on any atom is -0.383 e. The molecule has 0 atom stereocenters. The second-order valence-corrected chi connectivity index (χ2v) is 5.55. The third-order valence-electron chi connectivity index (χ3n) is 4.17. The maximum Gasteiger partial charge on any atom is 0.134 e. The van der Waals surface area contributed by atoms with Gasteiger partial charge in [-0.15, -0.1) is 0 Å². The van der Waals surface area contributed by atoms with Crippen LogP contribution in [0.25, 0.3) is 0 Å². The van der Waals surface area contributed by atoms with Crippen LogP contribution in [0.5, 0.6) is 0 Å². The van der Waals surface area contributed by atoms with Crippen LogP contribution in [-0.2, 0) is 0 Å². The van der Waals surface area contributed by atoms with Gasteiger partial charge in [0.1, 0.15) is 11.7 Å². The van der Waals surface area contributed by atoms with Crippen molar-refractivity contribution in [3.05, 3.63) is 23.4 Å². The Morgan fingerprint density at radius 2 is 2.00 bits per heavy atom. The second-order valence-electron chi connectivity index (χ2n) is 5.55. The number of nitrogen functional groups attached to an aromatic ring is 1. The van der Waals surface area contributed by atoms with Crippen molar-refractivity contribution in [2.75, 3.05) is 18.8 Å². The van der Waals surface area contributed by atoms with Gasteiger partial charge in [-0.05, 0) is 36.8 Å². The number of nitrogens with zero attached hydrogens (tertiary/aromatic N) is 2. The highest BCUT2D eigenvalue weighted by molar-refractivity contribution is 6.02. The number of rotatable bonds is 2. The van der Waals surface area contributed by atoms with E-state index in [9.17, 15) is 0 Å². The van der Waals surface area contributed by atoms with Gasteiger partial charge in [-0.3, -0.25) is 4.99 Å². The van der Waals surface area contributed by atoms with E-state index in [1.165, 1.54) is 37.7 Å². The van der Waals surface area contributed by atoms with Crippen molar-refractivity contribution >= 4 is 11.7 Å². The molecule has 0 spiro atoms. The van der Waals surface area contributed by atoms with Crippen LogP contribution in [0, 0.1) is 0 Å². The van der Waals surface area contributed by atoms with E-state index in [1.807, 2.05) is 6.20 Å². The topological polar surface area (TPSA) is 63.3 Å². The molecule has 1 fully saturated rings. The Labute approximate surface area is 114 Å². The van der Waals surface area contributed by atoms with E-state index >= 15 is 0 Å². The number of amidine groups is 1. The van der Waals surface area contributed by atoms with Crippen molar-refractivity contribution in [1.82, 2.24) is 10.3 Å². The summed E-state index contributed by atoms with van der Waals surface area (Å²) < 4.78 is 0. The molecule has 0 unspecified atom stereocenters. The lowest BCUT2D eigenvalue weighted by molar-refractivity contribution is 0.443. The molecule has 0 radical (unpaired) electrons. The number of hydrogen-bond donors (Lipinski definition) is 2. The van der Waals surface area contributed by atoms with Gasteiger partial charge in [-0.1, -0.05) is 19.3 Å². The summed E-state index contributed by atoms with van der Waals surface area (Å²) >= 11 is 0. The first-order valence-corrected chi connectivity index (χ1v) is 7.39. The van der Waals surface area contributed by atoms with Gasteiger partial charge in [0.05, 0.1) is 5.56 Å². The van der Waals surface area contributed by atoms with Crippen LogP contribution in [0.3, 0.4) is 0 Å². The van der Waals surface area contributed by atoms with E-state index in [1.54, 1.807) is 0 Å². The maximum atomic E-state index is 6.02. The molecule has 102 valence electrons. The fourth-order valence-corrected chi connectivity index (χ4v) is 3.05. The molecule has 1 aliphatic heterocycles. The molecule has 3 N–H and O–H groups in total. The Morgan fingerprint density at radius 3 is 2.74 bits per heavy atom. The predicted molar refractivity (Wildman–Crippen MR) is 78.5 cm³/mol. The van der Waals surface area contributed by atoms with E-state index in [4.69, 9.17) is 5.73 Å². The first kappa shape index (κ1) is 12.5. The third kappa shape index (κ3) is 2.72. The summed E-state index contributed by atoms with van der Waals surface area (Å²) in [6.07, 6.45) is 9.67. The first-order chi connectivity index (χ1) is 9.34. The van der Waals surface area contributed by atoms with Crippen LogP contribution in [0.1, 0.15) is 55.6 Å². The minimum absolute atomic E-state index is 0.590. The predicted octanol–water partition coefficient (Wildman–Crippen LogP) is 2.45. The number of nitrogens with two attached hydrogens (primary N) is 1. The van der Waals surface area contributed by atoms with Gasteiger partial charge in [0.25, 0.3) is 0 Å². The first-order valence-electron chi connectivity index (χ1n) is 7.39. The van der Waals surface area contributed by atoms with Gasteiger partial charge in [0.15, 0.2) is 0 Å². The van der Waals surface area contributed by atoms with Crippen molar-refractivity contribution in [2.24, 2.45) is 4.99 Å². The largest absolute Gasteiger partial charge is 0.383 e. The molecule has 0 saturated heterocycles. The highest BCUT2D eigenvalue weighted by atomic mass is 15.0. The number of aromatic nitrogens is 1. The van der Waals surface area contributed by atoms with Crippen LogP contribution in [0.4, 0.5) is 5.82 Å². The fraction of sp³-hybridized carbons (Fsp3) is 0.600. The van der Waals surface area contributed by atoms with Gasteiger partial charge < -0.3 is 11.1 Å². The summed E-state index contributed by atoms with van der Waals surface area (Å²) in [6.45, 7) is 1.86. The van der Waals surface area contributed by atoms with Crippen LogP contribution in [0.2, 0.25) is 0 Å². The van der Waals surface area contributed by atoms with E-state index in [-0.39, 0.29) is 0 Å². The van der Waals surface area contributed by atoms with Crippen LogP contribution in [-0.4, -0.2) is 23.9 Å². The molecule has 1 aromatic rings. The standard InChI is InChI=1S/C15H22N4/c16-14-13(15-17-7-4-8-18-15)9-12(10-19-14)11-5-2-1-3-6-11/h9-11H,1-8H2,(H2,16,19)(H,17,18). The SMILES string of the molecule is Nc1ncc(C2CCCCC2)cc1C1=NCCCN1. The normalized spacial score (nSPS) is 20.7. The summed E-state index contributed by atoms with van der Waals surface area (Å²) in [6, 6.07) is 2.20. The monoisotopic (exact) mass is 258 g/mol. The number of aliphatic imine (C=N–C) groups is 1. The summed E-state index contributed by atoms with van der Waals surface area (Å²) in [4.78, 5) is 8.92. The van der Waals surface area contributed by atoms with E-state index in [0.717, 1.165) is 30.9 Å². The Morgan fingerprint density at radius 1 is 1.16 bits per heavy atom. The van der Waals surface area contributed by atoms with E-state index < -0.39 is 0 Å². The van der Waals surface area contributed by atoms with E-state index in [0.29, 0.717) is 11.7 Å². The highest BCUT2D eigenvalue weighted by Crippen LogP contribution is 2.33. The molecule has 0 amide bonds. The van der Waals surface area contributed by atoms with Crippen molar-refractivity contribution in [2.45, 2.75) is 44.4 Å². The molecule has 0 aromatic carbocycles. The lowest BCUT2D eigenvalue weighted by Crippen LogP contribution is -2.31. The molecular formula is C15H22N4. The van der Waals surface area contributed by atoms with Gasteiger partial charge in [-0.25, -0.2) is 4.98 Å². The van der Waals surface area contributed by atoms with Gasteiger partial charge >= 0.3 is 0 Å². The molecule has 19 heavy (non-hydrogen) atoms. The molecule has 3 rings (SSSR count). The molecule has 2 aliphatic rings. The average molecular weight is 258 g/mol. The number of pyridine rings is 1. The van der Waals surface area contributed by atoms with Crippen LogP contribution in [0.15, 0.2) is 17.3 Å². The van der Waals surface area contributed by atoms with Crippen LogP contribution < -0.4 is 11.1 Å². The minimum atomic E-state index is 0.590. The van der Waals surface area contributed by atoms with Gasteiger partial charge in [-0.2, -0.15) is 0 Å². The van der Waals surface area contributed by atoms with Crippen molar-refractivity contribution < 1.29 is 0 Å². The summed E-state index contributed by atoms with van der Waals surface area (Å²) in [5, 5.41) is 3.34. The Balaban J connectivity index is 1.88. The lowest BCUT2D eigenvalue weighted by atomic mass is 9.84. The molecule has 0 bridgehead atoms. The molecule has 1 aromatic heterocycles. The summed E-state index contributed by atoms with van der Waals surface area (Å²) in [5.74, 6) is 2.17. The molecule has 4 nitrogen and oxygen atoms in total. The molecule has 1 aliphatic carbocycles. The number of nitrogens with one attached hydrogen (secondary N) is 1. The van der Waals surface area contributed by atoms with E-state index in [2.05, 4.69) is 21.4 Å². The Hall–Kier alpha value is -1.58. The summed E-state index contributed by atoms with van der Waals surface area (Å²) in [7, 11) is 0. The Bertz CT molecular complexity index is 475. The number of hydrogen-bond acceptors (Lipinski definition) is 4. The fourth-order valence-electron chi connectivity index (χ4n) is 3.05. The zero-order valence-electron chi connectivity index (χ0n) is 11.4. The quantitative estimate of drug-likeness (QED) is 0.856. The van der Waals surface area contributed by atoms with Crippen molar-refractivity contribution in [3.8, 4) is 0 Å². The third-order valence-corrected chi connectivity index (χ3v) is 4.17. The van der Waals surface area contributed by atoms with Gasteiger partial charge in [0, 0.05) is 19.3 Å². The maximum absolute atomic E-state index is 6.02. The second kappa shape index (κ2) is 5.59. The molecule has 4 heteroatoms. The summed E-state index contributed by atoms with van der Waals surface area (Å²) in [5.41, 5.74) is 8.34. The Kier molecular flexibility index (Phi) is 3.67. The lowest BCUT2D eigenvalue weighted by Gasteiger charge is -2.23. The smallest absolute Gasteiger partial charge is 0.134 e. The highest BCUT2D eigenvalue weighted by Gasteiger charge is 2.19. The average Bonchev–Trinajstić information content (AvgIpc) is 2.49. The zero-order valence-corrected chi connectivity index (χ0v) is 11.4. The molecule has 1 saturated carbocycles. The van der Waals surface area contributed by atoms with Crippen molar-refractivity contribution in [3.63, 3.8) is 0 Å². The van der Waals surface area contributed by atoms with Crippen molar-refractivity contribution in [1.29, 1.82) is 0 Å². The van der Waals surface area contributed by atoms with Crippen LogP contribution >= 0.6 is 0 Å². The molecular weight excluding hydrogens is 236 g/mol. The molecule has 2 heterocycles. The van der Waals surface area contributed by atoms with Gasteiger partial charge in [0.2, 0.25) is 0 Å². The number of anilines is 1.